The summed E-state index contributed by atoms with van der Waals surface area (Å²) in [6.07, 6.45) is 3.77. The molecule has 14 heteroatoms. The molecule has 3 saturated heterocycles. The largest absolute Gasteiger partial charge is 0.339 e. The molecule has 0 saturated carbocycles. The molecule has 0 unspecified atom stereocenters. The molecule has 0 N–H and O–H groups in total. The molecule has 8 nitrogen and oxygen atoms in total. The molecule has 0 atom stereocenters. The number of nitrogens with zero attached hydrogens (tertiary/aromatic N) is 4. The molecule has 4 amide bonds. The molecule has 2 aromatic rings. The van der Waals surface area contributed by atoms with E-state index in [4.69, 9.17) is 24.4 Å². The van der Waals surface area contributed by atoms with Crippen molar-refractivity contribution in [1.29, 1.82) is 0 Å². The fraction of sp³-hybridized carbons (Fsp3) is 0.280. The number of thioether (sulfide) groups is 2. The highest BCUT2D eigenvalue weighted by Crippen LogP contribution is 2.34. The van der Waals surface area contributed by atoms with Crippen molar-refractivity contribution in [2.24, 2.45) is 0 Å². The number of amides is 4. The maximum absolute atomic E-state index is 12.9. The van der Waals surface area contributed by atoms with Gasteiger partial charge < -0.3 is 9.80 Å². The molecule has 0 radical (unpaired) electrons. The van der Waals surface area contributed by atoms with Crippen LogP contribution in [0.5, 0.6) is 0 Å². The SMILES string of the molecule is O=C(CCN1C(=O)C(=Cc2cccs2)SC1=S)N1CCN(C(=O)CN2C(=O)C(=Cc3cccs3)SC2=S)CC1. The van der Waals surface area contributed by atoms with E-state index >= 15 is 0 Å². The van der Waals surface area contributed by atoms with E-state index in [9.17, 15) is 19.2 Å². The predicted octanol–water partition coefficient (Wildman–Crippen LogP) is 3.97. The molecular weight excluding hydrogens is 613 g/mol. The van der Waals surface area contributed by atoms with Crippen LogP contribution in [0.3, 0.4) is 0 Å². The van der Waals surface area contributed by atoms with Crippen molar-refractivity contribution in [2.75, 3.05) is 39.3 Å². The van der Waals surface area contributed by atoms with Crippen LogP contribution >= 0.6 is 70.6 Å². The van der Waals surface area contributed by atoms with Crippen LogP contribution < -0.4 is 0 Å². The van der Waals surface area contributed by atoms with Gasteiger partial charge in [0.1, 0.15) is 15.2 Å². The Morgan fingerprint density at radius 3 is 1.77 bits per heavy atom. The molecule has 3 aliphatic rings. The smallest absolute Gasteiger partial charge is 0.266 e. The van der Waals surface area contributed by atoms with Crippen LogP contribution in [0, 0.1) is 0 Å². The molecule has 202 valence electrons. The summed E-state index contributed by atoms with van der Waals surface area (Å²) < 4.78 is 0.817. The van der Waals surface area contributed by atoms with Crippen LogP contribution in [0.2, 0.25) is 0 Å². The lowest BCUT2D eigenvalue weighted by Crippen LogP contribution is -2.53. The lowest BCUT2D eigenvalue weighted by atomic mass is 10.2. The molecule has 3 fully saturated rings. The Morgan fingerprint density at radius 2 is 1.26 bits per heavy atom. The van der Waals surface area contributed by atoms with E-state index < -0.39 is 0 Å². The fourth-order valence-corrected chi connectivity index (χ4v) is 8.15. The summed E-state index contributed by atoms with van der Waals surface area (Å²) in [6.45, 7) is 1.62. The number of thiocarbonyl (C=S) groups is 2. The molecule has 0 spiro atoms. The average molecular weight is 635 g/mol. The van der Waals surface area contributed by atoms with Crippen molar-refractivity contribution >= 4 is 115 Å². The molecule has 39 heavy (non-hydrogen) atoms. The number of thiophene rings is 2. The second-order valence-electron chi connectivity index (χ2n) is 8.64. The summed E-state index contributed by atoms with van der Waals surface area (Å²) in [5.41, 5.74) is 0. The first-order valence-electron chi connectivity index (χ1n) is 11.9. The molecule has 5 rings (SSSR count). The second-order valence-corrected chi connectivity index (χ2v) is 14.0. The normalized spacial score (nSPS) is 20.3. The van der Waals surface area contributed by atoms with Crippen LogP contribution in [0.1, 0.15) is 16.2 Å². The predicted molar refractivity (Wildman–Crippen MR) is 166 cm³/mol. The zero-order valence-corrected chi connectivity index (χ0v) is 25.3. The van der Waals surface area contributed by atoms with Crippen LogP contribution in [0.15, 0.2) is 44.8 Å². The van der Waals surface area contributed by atoms with E-state index in [0.717, 1.165) is 9.75 Å². The van der Waals surface area contributed by atoms with Gasteiger partial charge in [0, 0.05) is 48.9 Å². The molecule has 0 bridgehead atoms. The van der Waals surface area contributed by atoms with Gasteiger partial charge in [0.05, 0.1) is 9.81 Å². The van der Waals surface area contributed by atoms with Crippen molar-refractivity contribution in [3.63, 3.8) is 0 Å². The third-order valence-corrected chi connectivity index (χ3v) is 10.6. The monoisotopic (exact) mass is 634 g/mol. The molecular formula is C25H22N4O4S6. The van der Waals surface area contributed by atoms with Gasteiger partial charge in [-0.25, -0.2) is 0 Å². The van der Waals surface area contributed by atoms with Crippen molar-refractivity contribution in [1.82, 2.24) is 19.6 Å². The molecule has 0 aliphatic carbocycles. The summed E-state index contributed by atoms with van der Waals surface area (Å²) in [5, 5.41) is 3.87. The summed E-state index contributed by atoms with van der Waals surface area (Å²) in [7, 11) is 0. The van der Waals surface area contributed by atoms with Gasteiger partial charge in [-0.2, -0.15) is 0 Å². The Kier molecular flexibility index (Phi) is 8.99. The summed E-state index contributed by atoms with van der Waals surface area (Å²) in [6, 6.07) is 7.68. The summed E-state index contributed by atoms with van der Waals surface area (Å²) in [5.74, 6) is -0.732. The average Bonchev–Trinajstić information content (AvgIpc) is 3.72. The van der Waals surface area contributed by atoms with Gasteiger partial charge in [0.25, 0.3) is 11.8 Å². The van der Waals surface area contributed by atoms with Gasteiger partial charge in [-0.3, -0.25) is 29.0 Å². The topological polar surface area (TPSA) is 81.2 Å². The minimum Gasteiger partial charge on any atom is -0.339 e. The van der Waals surface area contributed by atoms with E-state index in [2.05, 4.69) is 0 Å². The Hall–Kier alpha value is -2.36. The second kappa shape index (κ2) is 12.4. The maximum atomic E-state index is 12.9. The molecule has 5 heterocycles. The van der Waals surface area contributed by atoms with E-state index in [1.165, 1.54) is 44.7 Å². The molecule has 3 aliphatic heterocycles. The van der Waals surface area contributed by atoms with Gasteiger partial charge in [0.15, 0.2) is 0 Å². The number of carbonyl (C=O) groups excluding carboxylic acids is 4. The maximum Gasteiger partial charge on any atom is 0.266 e. The fourth-order valence-electron chi connectivity index (χ4n) is 4.14. The van der Waals surface area contributed by atoms with Crippen LogP contribution in [0.4, 0.5) is 0 Å². The standard InChI is InChI=1S/C25H22N4O4S6/c30-20(5-6-28-22(32)18(38-24(28)34)13-16-3-1-11-36-16)26-7-9-27(10-8-26)21(31)15-29-23(33)19(39-25(29)35)14-17-4-2-12-37-17/h1-4,11-14H,5-10,15H2. The zero-order chi connectivity index (χ0) is 27.5. The number of piperazine rings is 1. The first kappa shape index (κ1) is 28.2. The highest BCUT2D eigenvalue weighted by molar-refractivity contribution is 8.27. The van der Waals surface area contributed by atoms with Crippen LogP contribution in [-0.4, -0.2) is 91.1 Å². The summed E-state index contributed by atoms with van der Waals surface area (Å²) in [4.78, 5) is 60.6. The van der Waals surface area contributed by atoms with Gasteiger partial charge in [-0.1, -0.05) is 60.1 Å². The van der Waals surface area contributed by atoms with E-state index in [-0.39, 0.29) is 43.1 Å². The van der Waals surface area contributed by atoms with Crippen LogP contribution in [0.25, 0.3) is 12.2 Å². The number of carbonyl (C=O) groups is 4. The van der Waals surface area contributed by atoms with Gasteiger partial charge >= 0.3 is 0 Å². The lowest BCUT2D eigenvalue weighted by molar-refractivity contribution is -0.141. The quantitative estimate of drug-likeness (QED) is 0.335. The highest BCUT2D eigenvalue weighted by Gasteiger charge is 2.36. The van der Waals surface area contributed by atoms with Crippen molar-refractivity contribution < 1.29 is 19.2 Å². The van der Waals surface area contributed by atoms with Gasteiger partial charge in [0.2, 0.25) is 11.8 Å². The Labute approximate surface area is 252 Å². The minimum atomic E-state index is -0.263. The van der Waals surface area contributed by atoms with E-state index in [0.29, 0.717) is 44.6 Å². The third-order valence-electron chi connectivity index (χ3n) is 6.21. The minimum absolute atomic E-state index is 0.0889. The van der Waals surface area contributed by atoms with E-state index in [1.807, 2.05) is 41.1 Å². The zero-order valence-electron chi connectivity index (χ0n) is 20.4. The summed E-state index contributed by atoms with van der Waals surface area (Å²) >= 11 is 16.2. The third kappa shape index (κ3) is 6.52. The number of hydrogen-bond donors (Lipinski definition) is 0. The Bertz CT molecular complexity index is 1380. The van der Waals surface area contributed by atoms with E-state index in [1.54, 1.807) is 27.2 Å². The first-order valence-corrected chi connectivity index (χ1v) is 16.1. The van der Waals surface area contributed by atoms with Crippen molar-refractivity contribution in [3.05, 3.63) is 54.6 Å². The Balaban J connectivity index is 1.08. The molecule has 0 aromatic carbocycles. The van der Waals surface area contributed by atoms with Gasteiger partial charge in [-0.15, -0.1) is 22.7 Å². The Morgan fingerprint density at radius 1 is 0.769 bits per heavy atom. The van der Waals surface area contributed by atoms with Gasteiger partial charge in [-0.05, 0) is 35.0 Å². The first-order chi connectivity index (χ1) is 18.8. The number of hydrogen-bond acceptors (Lipinski definition) is 10. The molecule has 2 aromatic heterocycles. The lowest BCUT2D eigenvalue weighted by Gasteiger charge is -2.35. The van der Waals surface area contributed by atoms with Crippen molar-refractivity contribution in [2.45, 2.75) is 6.42 Å². The number of rotatable bonds is 7. The van der Waals surface area contributed by atoms with Crippen LogP contribution in [-0.2, 0) is 19.2 Å². The highest BCUT2D eigenvalue weighted by atomic mass is 32.2. The van der Waals surface area contributed by atoms with Crippen molar-refractivity contribution in [3.8, 4) is 0 Å².